The highest BCUT2D eigenvalue weighted by atomic mass is 35.5. The van der Waals surface area contributed by atoms with Crippen LogP contribution in [0.4, 0.5) is 5.13 Å². The van der Waals surface area contributed by atoms with Gasteiger partial charge in [-0.15, -0.1) is 22.7 Å². The van der Waals surface area contributed by atoms with Gasteiger partial charge in [-0.2, -0.15) is 0 Å². The Kier molecular flexibility index (Phi) is 4.78. The van der Waals surface area contributed by atoms with E-state index in [4.69, 9.17) is 23.2 Å². The number of hydrogen-bond donors (Lipinski definition) is 1. The molecule has 0 atom stereocenters. The van der Waals surface area contributed by atoms with E-state index >= 15 is 0 Å². The van der Waals surface area contributed by atoms with Crippen molar-refractivity contribution in [3.8, 4) is 11.3 Å². The summed E-state index contributed by atoms with van der Waals surface area (Å²) in [5.41, 5.74) is 1.45. The van der Waals surface area contributed by atoms with Gasteiger partial charge in [0.05, 0.1) is 17.1 Å². The number of carbonyl (C=O) groups excluding carboxylic acids is 1. The Morgan fingerprint density at radius 3 is 2.86 bits per heavy atom. The number of nitrogens with one attached hydrogen (secondary N) is 1. The van der Waals surface area contributed by atoms with Crippen molar-refractivity contribution in [1.82, 2.24) is 4.98 Å². The molecule has 3 rings (SSSR count). The summed E-state index contributed by atoms with van der Waals surface area (Å²) in [5.74, 6) is -0.0828. The molecule has 3 nitrogen and oxygen atoms in total. The summed E-state index contributed by atoms with van der Waals surface area (Å²) in [6.07, 6.45) is 0.352. The maximum absolute atomic E-state index is 12.0. The summed E-state index contributed by atoms with van der Waals surface area (Å²) in [6.45, 7) is 0. The second kappa shape index (κ2) is 6.79. The molecule has 0 unspecified atom stereocenters. The lowest BCUT2D eigenvalue weighted by Crippen LogP contribution is -2.13. The van der Waals surface area contributed by atoms with Gasteiger partial charge in [-0.05, 0) is 29.6 Å². The molecule has 0 aliphatic heterocycles. The number of thiophene rings is 1. The van der Waals surface area contributed by atoms with E-state index in [0.717, 1.165) is 10.4 Å². The lowest BCUT2D eigenvalue weighted by Gasteiger charge is -2.02. The van der Waals surface area contributed by atoms with Crippen LogP contribution in [0.2, 0.25) is 10.0 Å². The van der Waals surface area contributed by atoms with E-state index < -0.39 is 0 Å². The molecule has 7 heteroatoms. The van der Waals surface area contributed by atoms with Gasteiger partial charge in [-0.3, -0.25) is 4.79 Å². The predicted molar refractivity (Wildman–Crippen MR) is 94.2 cm³/mol. The number of nitrogens with zero attached hydrogens (tertiary/aromatic N) is 1. The van der Waals surface area contributed by atoms with Crippen LogP contribution < -0.4 is 5.32 Å². The minimum atomic E-state index is -0.0828. The number of hydrogen-bond acceptors (Lipinski definition) is 4. The summed E-state index contributed by atoms with van der Waals surface area (Å²) >= 11 is 15.1. The Morgan fingerprint density at radius 1 is 1.23 bits per heavy atom. The molecule has 2 aromatic heterocycles. The number of carbonyl (C=O) groups is 1. The highest BCUT2D eigenvalue weighted by Gasteiger charge is 2.11. The maximum Gasteiger partial charge on any atom is 0.231 e. The van der Waals surface area contributed by atoms with E-state index in [1.165, 1.54) is 11.3 Å². The number of amides is 1. The van der Waals surface area contributed by atoms with Crippen LogP contribution in [-0.4, -0.2) is 10.9 Å². The largest absolute Gasteiger partial charge is 0.302 e. The van der Waals surface area contributed by atoms with E-state index in [0.29, 0.717) is 27.3 Å². The van der Waals surface area contributed by atoms with Crippen LogP contribution in [0.1, 0.15) is 4.88 Å². The van der Waals surface area contributed by atoms with Gasteiger partial charge in [-0.25, -0.2) is 4.98 Å². The fourth-order valence-corrected chi connectivity index (χ4v) is 3.70. The summed E-state index contributed by atoms with van der Waals surface area (Å²) in [7, 11) is 0. The molecule has 1 amide bonds. The van der Waals surface area contributed by atoms with E-state index in [1.54, 1.807) is 29.5 Å². The van der Waals surface area contributed by atoms with E-state index in [2.05, 4.69) is 10.3 Å². The van der Waals surface area contributed by atoms with Crippen molar-refractivity contribution in [3.63, 3.8) is 0 Å². The zero-order valence-electron chi connectivity index (χ0n) is 11.2. The van der Waals surface area contributed by atoms with Gasteiger partial charge >= 0.3 is 0 Å². The van der Waals surface area contributed by atoms with Gasteiger partial charge in [0.25, 0.3) is 0 Å². The van der Waals surface area contributed by atoms with Gasteiger partial charge < -0.3 is 5.32 Å². The van der Waals surface area contributed by atoms with E-state index in [1.807, 2.05) is 22.9 Å². The van der Waals surface area contributed by atoms with Crippen molar-refractivity contribution in [2.45, 2.75) is 6.42 Å². The van der Waals surface area contributed by atoms with Crippen molar-refractivity contribution in [3.05, 3.63) is 56.0 Å². The maximum atomic E-state index is 12.0. The summed E-state index contributed by atoms with van der Waals surface area (Å²) in [6, 6.07) is 9.08. The van der Waals surface area contributed by atoms with Crippen LogP contribution in [0.3, 0.4) is 0 Å². The molecule has 22 heavy (non-hydrogen) atoms. The summed E-state index contributed by atoms with van der Waals surface area (Å²) in [5, 5.41) is 8.32. The van der Waals surface area contributed by atoms with Gasteiger partial charge in [-0.1, -0.05) is 29.3 Å². The number of benzene rings is 1. The van der Waals surface area contributed by atoms with Gasteiger partial charge in [0, 0.05) is 20.8 Å². The zero-order valence-corrected chi connectivity index (χ0v) is 14.3. The molecule has 1 aromatic carbocycles. The molecular formula is C15H10Cl2N2OS2. The Hall–Kier alpha value is -1.40. The molecule has 0 aliphatic rings. The third kappa shape index (κ3) is 3.67. The third-order valence-corrected chi connectivity index (χ3v) is 5.07. The van der Waals surface area contributed by atoms with Gasteiger partial charge in [0.2, 0.25) is 5.91 Å². The minimum absolute atomic E-state index is 0.0828. The molecule has 0 saturated heterocycles. The monoisotopic (exact) mass is 368 g/mol. The molecule has 0 spiro atoms. The number of anilines is 1. The molecule has 0 fully saturated rings. The van der Waals surface area contributed by atoms with E-state index in [9.17, 15) is 4.79 Å². The van der Waals surface area contributed by atoms with Crippen molar-refractivity contribution in [2.24, 2.45) is 0 Å². The van der Waals surface area contributed by atoms with Crippen molar-refractivity contribution < 1.29 is 4.79 Å². The summed E-state index contributed by atoms with van der Waals surface area (Å²) in [4.78, 5) is 17.4. The van der Waals surface area contributed by atoms with E-state index in [-0.39, 0.29) is 5.91 Å². The minimum Gasteiger partial charge on any atom is -0.302 e. The normalized spacial score (nSPS) is 10.6. The van der Waals surface area contributed by atoms with Crippen molar-refractivity contribution >= 4 is 56.9 Å². The Balaban J connectivity index is 1.73. The molecule has 1 N–H and O–H groups in total. The first kappa shape index (κ1) is 15.5. The number of halogens is 2. The fourth-order valence-electron chi connectivity index (χ4n) is 1.88. The average molecular weight is 369 g/mol. The number of thiazole rings is 1. The molecule has 2 heterocycles. The second-order valence-corrected chi connectivity index (χ2v) is 7.20. The lowest BCUT2D eigenvalue weighted by atomic mass is 10.2. The average Bonchev–Trinajstić information content (AvgIpc) is 3.13. The highest BCUT2D eigenvalue weighted by molar-refractivity contribution is 7.14. The first-order valence-electron chi connectivity index (χ1n) is 6.35. The topological polar surface area (TPSA) is 42.0 Å². The smallest absolute Gasteiger partial charge is 0.231 e. The third-order valence-electron chi connectivity index (χ3n) is 2.87. The zero-order chi connectivity index (χ0) is 15.5. The van der Waals surface area contributed by atoms with Crippen LogP contribution >= 0.6 is 45.9 Å². The lowest BCUT2D eigenvalue weighted by molar-refractivity contribution is -0.115. The quantitative estimate of drug-likeness (QED) is 0.673. The highest BCUT2D eigenvalue weighted by Crippen LogP contribution is 2.32. The van der Waals surface area contributed by atoms with Crippen molar-refractivity contribution in [2.75, 3.05) is 5.32 Å². The Bertz CT molecular complexity index is 800. The van der Waals surface area contributed by atoms with Gasteiger partial charge in [0.1, 0.15) is 0 Å². The van der Waals surface area contributed by atoms with Crippen LogP contribution in [0.5, 0.6) is 0 Å². The number of rotatable bonds is 4. The predicted octanol–water partition coefficient (Wildman–Crippen LogP) is 5.36. The Labute approximate surface area is 145 Å². The molecule has 112 valence electrons. The van der Waals surface area contributed by atoms with Crippen LogP contribution in [0.25, 0.3) is 11.3 Å². The fraction of sp³-hybridized carbons (Fsp3) is 0.0667. The molecular weight excluding hydrogens is 359 g/mol. The SMILES string of the molecule is O=C(Cc1cccs1)Nc1nc(-c2cc(Cl)ccc2Cl)cs1. The second-order valence-electron chi connectivity index (χ2n) is 4.47. The van der Waals surface area contributed by atoms with Crippen LogP contribution in [-0.2, 0) is 11.2 Å². The van der Waals surface area contributed by atoms with Crippen LogP contribution in [0.15, 0.2) is 41.1 Å². The molecule has 0 bridgehead atoms. The summed E-state index contributed by atoms with van der Waals surface area (Å²) < 4.78 is 0. The molecule has 0 aliphatic carbocycles. The Morgan fingerprint density at radius 2 is 2.09 bits per heavy atom. The molecule has 0 saturated carbocycles. The van der Waals surface area contributed by atoms with Crippen LogP contribution in [0, 0.1) is 0 Å². The standard InChI is InChI=1S/C15H10Cl2N2OS2/c16-9-3-4-12(17)11(6-9)13-8-22-15(18-13)19-14(20)7-10-2-1-5-21-10/h1-6,8H,7H2,(H,18,19,20). The van der Waals surface area contributed by atoms with Gasteiger partial charge in [0.15, 0.2) is 5.13 Å². The first-order chi connectivity index (χ1) is 10.6. The first-order valence-corrected chi connectivity index (χ1v) is 8.86. The molecule has 0 radical (unpaired) electrons. The molecule has 3 aromatic rings. The number of aromatic nitrogens is 1. The van der Waals surface area contributed by atoms with Crippen molar-refractivity contribution in [1.29, 1.82) is 0 Å².